The Bertz CT molecular complexity index is 1150. The van der Waals surface area contributed by atoms with Crippen LogP contribution in [0.4, 0.5) is 14.6 Å². The number of rotatable bonds is 4. The van der Waals surface area contributed by atoms with E-state index in [-0.39, 0.29) is 0 Å². The van der Waals surface area contributed by atoms with Gasteiger partial charge >= 0.3 is 0 Å². The molecule has 4 aromatic rings. The molecule has 1 unspecified atom stereocenters. The monoisotopic (exact) mass is 381 g/mol. The number of hydrogen-bond acceptors (Lipinski definition) is 5. The lowest BCUT2D eigenvalue weighted by Crippen LogP contribution is -2.22. The summed E-state index contributed by atoms with van der Waals surface area (Å²) in [7, 11) is 0. The maximum atomic E-state index is 13.6. The van der Waals surface area contributed by atoms with Gasteiger partial charge in [-0.3, -0.25) is 0 Å². The van der Waals surface area contributed by atoms with Crippen molar-refractivity contribution < 1.29 is 8.78 Å². The molecule has 0 saturated heterocycles. The van der Waals surface area contributed by atoms with E-state index in [2.05, 4.69) is 29.9 Å². The van der Waals surface area contributed by atoms with Crippen LogP contribution in [0.2, 0.25) is 0 Å². The summed E-state index contributed by atoms with van der Waals surface area (Å²) in [5.41, 5.74) is 0.918. The first-order chi connectivity index (χ1) is 13.7. The quantitative estimate of drug-likeness (QED) is 0.587. The largest absolute Gasteiger partial charge is 0.369 e. The van der Waals surface area contributed by atoms with E-state index in [1.165, 1.54) is 17.1 Å². The predicted molar refractivity (Wildman–Crippen MR) is 99.3 cm³/mol. The van der Waals surface area contributed by atoms with Gasteiger partial charge in [0.05, 0.1) is 17.3 Å². The summed E-state index contributed by atoms with van der Waals surface area (Å²) < 4.78 is 30.5. The molecule has 0 spiro atoms. The van der Waals surface area contributed by atoms with Gasteiger partial charge in [-0.05, 0) is 25.0 Å². The van der Waals surface area contributed by atoms with Gasteiger partial charge in [0.15, 0.2) is 17.3 Å². The van der Waals surface area contributed by atoms with Crippen LogP contribution in [-0.4, -0.2) is 35.8 Å². The van der Waals surface area contributed by atoms with E-state index in [1.54, 1.807) is 6.20 Å². The Labute approximate surface area is 159 Å². The number of aromatic nitrogens is 6. The van der Waals surface area contributed by atoms with Gasteiger partial charge in [-0.15, -0.1) is 0 Å². The van der Waals surface area contributed by atoms with Crippen LogP contribution in [0.5, 0.6) is 0 Å². The molecule has 1 aliphatic heterocycles. The van der Waals surface area contributed by atoms with Crippen molar-refractivity contribution in [2.45, 2.75) is 25.3 Å². The number of imidazole rings is 1. The lowest BCUT2D eigenvalue weighted by molar-refractivity contribution is 0.454. The summed E-state index contributed by atoms with van der Waals surface area (Å²) in [4.78, 5) is 13.1. The van der Waals surface area contributed by atoms with E-state index in [4.69, 9.17) is 0 Å². The molecule has 1 aliphatic rings. The Balaban J connectivity index is 1.44. The maximum Gasteiger partial charge on any atom is 0.168 e. The van der Waals surface area contributed by atoms with Crippen LogP contribution < -0.4 is 5.32 Å². The average molecular weight is 381 g/mol. The van der Waals surface area contributed by atoms with Crippen LogP contribution in [0.3, 0.4) is 0 Å². The molecule has 1 aromatic carbocycles. The molecule has 1 atom stereocenters. The molecular formula is C19H17F2N7. The zero-order valence-corrected chi connectivity index (χ0v) is 14.9. The fourth-order valence-corrected chi connectivity index (χ4v) is 3.71. The van der Waals surface area contributed by atoms with Crippen LogP contribution >= 0.6 is 0 Å². The second-order valence-electron chi connectivity index (χ2n) is 6.81. The molecule has 0 bridgehead atoms. The predicted octanol–water partition coefficient (Wildman–Crippen LogP) is 3.28. The Morgan fingerprint density at radius 3 is 2.96 bits per heavy atom. The van der Waals surface area contributed by atoms with Crippen LogP contribution in [0.25, 0.3) is 16.7 Å². The topological polar surface area (TPSA) is 73.5 Å². The molecule has 1 N–H and O–H groups in total. The Kier molecular flexibility index (Phi) is 4.00. The third kappa shape index (κ3) is 2.79. The minimum atomic E-state index is -0.929. The molecule has 0 radical (unpaired) electrons. The molecule has 0 amide bonds. The zero-order chi connectivity index (χ0) is 19.1. The highest BCUT2D eigenvalue weighted by Crippen LogP contribution is 2.27. The van der Waals surface area contributed by atoms with Crippen molar-refractivity contribution in [2.24, 2.45) is 0 Å². The summed E-state index contributed by atoms with van der Waals surface area (Å²) in [6.07, 6.45) is 9.08. The second kappa shape index (κ2) is 6.66. The van der Waals surface area contributed by atoms with Gasteiger partial charge in [-0.1, -0.05) is 0 Å². The number of halogens is 2. The van der Waals surface area contributed by atoms with E-state index in [0.29, 0.717) is 35.0 Å². The molecule has 3 aromatic heterocycles. The number of nitrogens with one attached hydrogen (secondary N) is 1. The summed E-state index contributed by atoms with van der Waals surface area (Å²) in [5, 5.41) is 8.38. The van der Waals surface area contributed by atoms with Crippen LogP contribution in [0.15, 0.2) is 43.1 Å². The minimum Gasteiger partial charge on any atom is -0.369 e. The van der Waals surface area contributed by atoms with E-state index < -0.39 is 11.6 Å². The lowest BCUT2D eigenvalue weighted by atomic mass is 9.99. The van der Waals surface area contributed by atoms with Crippen molar-refractivity contribution in [3.05, 3.63) is 60.6 Å². The zero-order valence-electron chi connectivity index (χ0n) is 14.9. The second-order valence-corrected chi connectivity index (χ2v) is 6.81. The number of fused-ring (bicyclic) bond motifs is 2. The van der Waals surface area contributed by atoms with Gasteiger partial charge in [-0.2, -0.15) is 5.10 Å². The normalized spacial score (nSPS) is 16.3. The Hall–Kier alpha value is -3.36. The molecule has 9 heteroatoms. The van der Waals surface area contributed by atoms with Crippen molar-refractivity contribution in [1.82, 2.24) is 29.3 Å². The first kappa shape index (κ1) is 16.8. The van der Waals surface area contributed by atoms with E-state index in [0.717, 1.165) is 37.3 Å². The summed E-state index contributed by atoms with van der Waals surface area (Å²) in [5.74, 6) is 0.212. The molecule has 7 nitrogen and oxygen atoms in total. The van der Waals surface area contributed by atoms with Gasteiger partial charge < -0.3 is 9.88 Å². The van der Waals surface area contributed by atoms with Gasteiger partial charge in [0, 0.05) is 37.5 Å². The third-order valence-corrected chi connectivity index (χ3v) is 5.09. The highest BCUT2D eigenvalue weighted by atomic mass is 19.2. The van der Waals surface area contributed by atoms with E-state index in [1.807, 2.05) is 12.4 Å². The molecule has 0 saturated carbocycles. The van der Waals surface area contributed by atoms with Crippen LogP contribution in [0.1, 0.15) is 24.6 Å². The Morgan fingerprint density at radius 2 is 2.07 bits per heavy atom. The molecule has 28 heavy (non-hydrogen) atoms. The molecule has 142 valence electrons. The summed E-state index contributed by atoms with van der Waals surface area (Å²) in [6, 6.07) is 3.63. The van der Waals surface area contributed by atoms with Crippen molar-refractivity contribution in [3.8, 4) is 5.69 Å². The molecule has 0 aliphatic carbocycles. The standard InChI is InChI=1S/C19H17F2N7/c20-15-4-3-13(8-16(15)21)28-19-14(10-26-28)17(24-11-25-19)23-9-12-2-1-6-27-7-5-22-18(12)27/h3-5,7-8,10-12H,1-2,6,9H2,(H,23,24,25). The molecular weight excluding hydrogens is 364 g/mol. The van der Waals surface area contributed by atoms with E-state index in [9.17, 15) is 8.78 Å². The number of anilines is 1. The number of aryl methyl sites for hydroxylation is 1. The number of benzene rings is 1. The van der Waals surface area contributed by atoms with Crippen LogP contribution in [-0.2, 0) is 6.54 Å². The molecule has 4 heterocycles. The number of nitrogens with zero attached hydrogens (tertiary/aromatic N) is 6. The fourth-order valence-electron chi connectivity index (χ4n) is 3.71. The summed E-state index contributed by atoms with van der Waals surface area (Å²) >= 11 is 0. The molecule has 5 rings (SSSR count). The van der Waals surface area contributed by atoms with Crippen molar-refractivity contribution in [3.63, 3.8) is 0 Å². The van der Waals surface area contributed by atoms with Crippen molar-refractivity contribution in [2.75, 3.05) is 11.9 Å². The lowest BCUT2D eigenvalue weighted by Gasteiger charge is -2.23. The molecule has 0 fully saturated rings. The Morgan fingerprint density at radius 1 is 1.14 bits per heavy atom. The minimum absolute atomic E-state index is 0.301. The van der Waals surface area contributed by atoms with Crippen molar-refractivity contribution in [1.29, 1.82) is 0 Å². The number of hydrogen-bond donors (Lipinski definition) is 1. The highest BCUT2D eigenvalue weighted by molar-refractivity contribution is 5.87. The maximum absolute atomic E-state index is 13.6. The average Bonchev–Trinajstić information content (AvgIpc) is 3.36. The highest BCUT2D eigenvalue weighted by Gasteiger charge is 2.22. The fraction of sp³-hybridized carbons (Fsp3) is 0.263. The SMILES string of the molecule is Fc1ccc(-n2ncc3c(NCC4CCCn5ccnc54)ncnc32)cc1F. The first-order valence-corrected chi connectivity index (χ1v) is 9.10. The summed E-state index contributed by atoms with van der Waals surface area (Å²) in [6.45, 7) is 1.70. The van der Waals surface area contributed by atoms with Gasteiger partial charge in [0.25, 0.3) is 0 Å². The third-order valence-electron chi connectivity index (χ3n) is 5.09. The van der Waals surface area contributed by atoms with Crippen LogP contribution in [0, 0.1) is 11.6 Å². The van der Waals surface area contributed by atoms with Crippen molar-refractivity contribution >= 4 is 16.9 Å². The van der Waals surface area contributed by atoms with Gasteiger partial charge in [0.2, 0.25) is 0 Å². The smallest absolute Gasteiger partial charge is 0.168 e. The first-order valence-electron chi connectivity index (χ1n) is 9.10. The van der Waals surface area contributed by atoms with Gasteiger partial charge in [-0.25, -0.2) is 28.4 Å². The van der Waals surface area contributed by atoms with E-state index >= 15 is 0 Å². The van der Waals surface area contributed by atoms with Gasteiger partial charge in [0.1, 0.15) is 18.0 Å².